The zero-order chi connectivity index (χ0) is 16.1. The summed E-state index contributed by atoms with van der Waals surface area (Å²) >= 11 is 9.31. The van der Waals surface area contributed by atoms with Crippen LogP contribution in [0, 0.1) is 11.3 Å². The van der Waals surface area contributed by atoms with Crippen LogP contribution >= 0.6 is 27.5 Å². The van der Waals surface area contributed by atoms with Crippen molar-refractivity contribution in [1.82, 2.24) is 0 Å². The number of benzene rings is 2. The van der Waals surface area contributed by atoms with E-state index in [-0.39, 0.29) is 0 Å². The highest BCUT2D eigenvalue weighted by Crippen LogP contribution is 2.23. The van der Waals surface area contributed by atoms with Crippen LogP contribution in [0.15, 0.2) is 40.9 Å². The number of halogens is 2. The Balaban J connectivity index is 2.19. The molecule has 0 spiro atoms. The fraction of sp³-hybridized carbons (Fsp3) is 0.125. The van der Waals surface area contributed by atoms with E-state index in [4.69, 9.17) is 16.9 Å². The maximum absolute atomic E-state index is 11.6. The molecule has 1 N–H and O–H groups in total. The summed E-state index contributed by atoms with van der Waals surface area (Å²) in [5, 5.41) is 12.6. The van der Waals surface area contributed by atoms with Gasteiger partial charge in [-0.15, -0.1) is 0 Å². The molecule has 0 atom stereocenters. The summed E-state index contributed by atoms with van der Waals surface area (Å²) in [5.41, 5.74) is 2.46. The third kappa shape index (κ3) is 3.79. The number of hydrogen-bond donors (Lipinski definition) is 1. The van der Waals surface area contributed by atoms with Gasteiger partial charge in [-0.05, 0) is 35.9 Å². The van der Waals surface area contributed by atoms with Crippen LogP contribution in [-0.4, -0.2) is 13.1 Å². The molecule has 2 rings (SSSR count). The van der Waals surface area contributed by atoms with E-state index < -0.39 is 5.97 Å². The maximum atomic E-state index is 11.6. The molecule has 0 aliphatic heterocycles. The molecule has 2 aromatic carbocycles. The summed E-state index contributed by atoms with van der Waals surface area (Å²) in [6, 6.07) is 12.7. The van der Waals surface area contributed by atoms with Crippen LogP contribution in [0.5, 0.6) is 0 Å². The number of anilines is 1. The lowest BCUT2D eigenvalue weighted by atomic mass is 10.1. The second-order valence-electron chi connectivity index (χ2n) is 4.45. The second kappa shape index (κ2) is 7.30. The minimum atomic E-state index is -0.491. The standard InChI is InChI=1S/C16H12BrClN2O2/c1-22-16(21)14-7-13(4-5-15(14)18)20-9-10-2-3-12(17)6-11(10)8-19/h2-7,20H,9H2,1H3. The van der Waals surface area contributed by atoms with Crippen molar-refractivity contribution in [3.63, 3.8) is 0 Å². The number of nitrogens with zero attached hydrogens (tertiary/aromatic N) is 1. The zero-order valence-electron chi connectivity index (χ0n) is 11.7. The number of hydrogen-bond acceptors (Lipinski definition) is 4. The number of carbonyl (C=O) groups excluding carboxylic acids is 1. The van der Waals surface area contributed by atoms with E-state index in [1.54, 1.807) is 24.3 Å². The molecule has 0 aliphatic rings. The summed E-state index contributed by atoms with van der Waals surface area (Å²) < 4.78 is 5.54. The molecule has 0 fully saturated rings. The largest absolute Gasteiger partial charge is 0.465 e. The van der Waals surface area contributed by atoms with Gasteiger partial charge in [0.1, 0.15) is 0 Å². The lowest BCUT2D eigenvalue weighted by Crippen LogP contribution is -2.05. The molecule has 2 aromatic rings. The summed E-state index contributed by atoms with van der Waals surface area (Å²) in [5.74, 6) is -0.491. The number of nitriles is 1. The molecular formula is C16H12BrClN2O2. The Morgan fingerprint density at radius 2 is 2.14 bits per heavy atom. The van der Waals surface area contributed by atoms with Gasteiger partial charge in [-0.3, -0.25) is 0 Å². The van der Waals surface area contributed by atoms with Crippen LogP contribution in [-0.2, 0) is 11.3 Å². The third-order valence-corrected chi connectivity index (χ3v) is 3.87. The van der Waals surface area contributed by atoms with Crippen LogP contribution in [0.4, 0.5) is 5.69 Å². The van der Waals surface area contributed by atoms with Crippen molar-refractivity contribution in [1.29, 1.82) is 5.26 Å². The highest BCUT2D eigenvalue weighted by molar-refractivity contribution is 9.10. The first-order valence-corrected chi connectivity index (χ1v) is 7.52. The van der Waals surface area contributed by atoms with Gasteiger partial charge in [0.25, 0.3) is 0 Å². The van der Waals surface area contributed by atoms with Crippen molar-refractivity contribution >= 4 is 39.2 Å². The molecule has 0 aromatic heterocycles. The second-order valence-corrected chi connectivity index (χ2v) is 5.78. The predicted molar refractivity (Wildman–Crippen MR) is 89.0 cm³/mol. The molecule has 0 saturated heterocycles. The van der Waals surface area contributed by atoms with Gasteiger partial charge in [0.2, 0.25) is 0 Å². The lowest BCUT2D eigenvalue weighted by molar-refractivity contribution is 0.0601. The molecule has 4 nitrogen and oxygen atoms in total. The van der Waals surface area contributed by atoms with E-state index in [9.17, 15) is 4.79 Å². The molecule has 0 aliphatic carbocycles. The Morgan fingerprint density at radius 3 is 2.82 bits per heavy atom. The predicted octanol–water partition coefficient (Wildman–Crippen LogP) is 4.37. The molecule has 0 bridgehead atoms. The molecule has 0 amide bonds. The van der Waals surface area contributed by atoms with Gasteiger partial charge in [-0.1, -0.05) is 33.6 Å². The van der Waals surface area contributed by atoms with E-state index >= 15 is 0 Å². The molecule has 0 radical (unpaired) electrons. The Hall–Kier alpha value is -2.03. The van der Waals surface area contributed by atoms with Crippen LogP contribution in [0.1, 0.15) is 21.5 Å². The number of methoxy groups -OCH3 is 1. The minimum absolute atomic E-state index is 0.297. The average molecular weight is 380 g/mol. The molecule has 22 heavy (non-hydrogen) atoms. The average Bonchev–Trinajstić information content (AvgIpc) is 2.54. The molecule has 112 valence electrons. The molecular weight excluding hydrogens is 368 g/mol. The Kier molecular flexibility index (Phi) is 5.42. The lowest BCUT2D eigenvalue weighted by Gasteiger charge is -2.10. The first-order valence-electron chi connectivity index (χ1n) is 6.35. The first-order chi connectivity index (χ1) is 10.5. The Morgan fingerprint density at radius 1 is 1.36 bits per heavy atom. The monoisotopic (exact) mass is 378 g/mol. The summed E-state index contributed by atoms with van der Waals surface area (Å²) in [6.07, 6.45) is 0. The number of ether oxygens (including phenoxy) is 1. The number of carbonyl (C=O) groups is 1. The van der Waals surface area contributed by atoms with Gasteiger partial charge in [0.15, 0.2) is 0 Å². The molecule has 0 unspecified atom stereocenters. The SMILES string of the molecule is COC(=O)c1cc(NCc2ccc(Br)cc2C#N)ccc1Cl. The van der Waals surface area contributed by atoms with Gasteiger partial charge in [-0.2, -0.15) is 5.26 Å². The molecule has 0 saturated carbocycles. The zero-order valence-corrected chi connectivity index (χ0v) is 14.0. The first kappa shape index (κ1) is 16.3. The van der Waals surface area contributed by atoms with Crippen molar-refractivity contribution in [2.24, 2.45) is 0 Å². The van der Waals surface area contributed by atoms with Crippen molar-refractivity contribution in [2.75, 3.05) is 12.4 Å². The van der Waals surface area contributed by atoms with Crippen LogP contribution < -0.4 is 5.32 Å². The summed E-state index contributed by atoms with van der Waals surface area (Å²) in [4.78, 5) is 11.6. The maximum Gasteiger partial charge on any atom is 0.339 e. The number of esters is 1. The van der Waals surface area contributed by atoms with E-state index in [2.05, 4.69) is 32.1 Å². The van der Waals surface area contributed by atoms with Crippen LogP contribution in [0.2, 0.25) is 5.02 Å². The quantitative estimate of drug-likeness (QED) is 0.801. The van der Waals surface area contributed by atoms with E-state index in [1.807, 2.05) is 12.1 Å². The van der Waals surface area contributed by atoms with Gasteiger partial charge in [-0.25, -0.2) is 4.79 Å². The van der Waals surface area contributed by atoms with E-state index in [0.717, 1.165) is 15.7 Å². The van der Waals surface area contributed by atoms with Crippen LogP contribution in [0.25, 0.3) is 0 Å². The highest BCUT2D eigenvalue weighted by atomic mass is 79.9. The van der Waals surface area contributed by atoms with Gasteiger partial charge >= 0.3 is 5.97 Å². The van der Waals surface area contributed by atoms with Crippen molar-refractivity contribution in [3.05, 3.63) is 62.6 Å². The fourth-order valence-corrected chi connectivity index (χ4v) is 2.46. The minimum Gasteiger partial charge on any atom is -0.465 e. The van der Waals surface area contributed by atoms with Crippen molar-refractivity contribution in [3.8, 4) is 6.07 Å². The van der Waals surface area contributed by atoms with E-state index in [0.29, 0.717) is 22.7 Å². The Bertz CT molecular complexity index is 756. The Labute approximate surface area is 141 Å². The smallest absolute Gasteiger partial charge is 0.339 e. The van der Waals surface area contributed by atoms with Gasteiger partial charge in [0.05, 0.1) is 29.3 Å². The number of rotatable bonds is 4. The molecule has 6 heteroatoms. The van der Waals surface area contributed by atoms with Crippen molar-refractivity contribution < 1.29 is 9.53 Å². The molecule has 0 heterocycles. The van der Waals surface area contributed by atoms with Gasteiger partial charge in [0, 0.05) is 16.7 Å². The van der Waals surface area contributed by atoms with Crippen LogP contribution in [0.3, 0.4) is 0 Å². The summed E-state index contributed by atoms with van der Waals surface area (Å²) in [6.45, 7) is 0.457. The fourth-order valence-electron chi connectivity index (χ4n) is 1.91. The topological polar surface area (TPSA) is 62.1 Å². The van der Waals surface area contributed by atoms with Crippen molar-refractivity contribution in [2.45, 2.75) is 6.54 Å². The normalized spacial score (nSPS) is 9.91. The number of nitrogens with one attached hydrogen (secondary N) is 1. The summed E-state index contributed by atoms with van der Waals surface area (Å²) in [7, 11) is 1.31. The van der Waals surface area contributed by atoms with Gasteiger partial charge < -0.3 is 10.1 Å². The highest BCUT2D eigenvalue weighted by Gasteiger charge is 2.11. The van der Waals surface area contributed by atoms with E-state index in [1.165, 1.54) is 7.11 Å². The third-order valence-electron chi connectivity index (χ3n) is 3.05.